The number of hydrogen-bond donors (Lipinski definition) is 1. The molecule has 0 saturated carbocycles. The smallest absolute Gasteiger partial charge is 0.344 e. The Labute approximate surface area is 135 Å². The number of benzene rings is 1. The minimum Gasteiger partial charge on any atom is -0.344 e. The molecule has 0 atom stereocenters. The van der Waals surface area contributed by atoms with Gasteiger partial charge in [-0.2, -0.15) is 13.2 Å². The quantitative estimate of drug-likeness (QED) is 0.851. The van der Waals surface area contributed by atoms with Crippen LogP contribution in [-0.4, -0.2) is 41.4 Å². The number of carbonyl (C=O) groups excluding carboxylic acids is 2. The van der Waals surface area contributed by atoms with E-state index in [0.29, 0.717) is 11.6 Å². The number of thioether (sulfide) groups is 1. The van der Waals surface area contributed by atoms with Crippen LogP contribution in [-0.2, 0) is 15.8 Å². The fraction of sp³-hybridized carbons (Fsp3) is 0.333. The summed E-state index contributed by atoms with van der Waals surface area (Å²) in [5.41, 5.74) is -0.543. The van der Waals surface area contributed by atoms with E-state index in [1.54, 1.807) is 0 Å². The van der Waals surface area contributed by atoms with Crippen LogP contribution >= 0.6 is 11.8 Å². The van der Waals surface area contributed by atoms with Gasteiger partial charge in [-0.1, -0.05) is 17.9 Å². The predicted molar refractivity (Wildman–Crippen MR) is 80.4 cm³/mol. The molecule has 8 heteroatoms. The van der Waals surface area contributed by atoms with Crippen LogP contribution in [0.15, 0.2) is 24.3 Å². The van der Waals surface area contributed by atoms with Crippen molar-refractivity contribution in [2.45, 2.75) is 6.18 Å². The molecule has 2 amide bonds. The van der Waals surface area contributed by atoms with Crippen molar-refractivity contribution in [3.63, 3.8) is 0 Å². The lowest BCUT2D eigenvalue weighted by Crippen LogP contribution is -2.38. The first-order chi connectivity index (χ1) is 10.9. The number of amides is 2. The molecule has 1 fully saturated rings. The van der Waals surface area contributed by atoms with E-state index >= 15 is 0 Å². The Kier molecular flexibility index (Phi) is 5.55. The molecule has 2 rings (SSSR count). The van der Waals surface area contributed by atoms with Crippen LogP contribution in [0.2, 0.25) is 0 Å². The van der Waals surface area contributed by atoms with Gasteiger partial charge in [0.2, 0.25) is 11.8 Å². The molecule has 0 aromatic heterocycles. The first kappa shape index (κ1) is 17.2. The van der Waals surface area contributed by atoms with Crippen molar-refractivity contribution in [1.82, 2.24) is 10.2 Å². The molecule has 1 saturated heterocycles. The maximum atomic E-state index is 12.5. The monoisotopic (exact) mass is 342 g/mol. The zero-order chi connectivity index (χ0) is 16.9. The average Bonchev–Trinajstić information content (AvgIpc) is 2.88. The molecule has 0 aliphatic carbocycles. The number of hydrogen-bond acceptors (Lipinski definition) is 3. The second-order valence-electron chi connectivity index (χ2n) is 4.73. The first-order valence-corrected chi connectivity index (χ1v) is 7.80. The van der Waals surface area contributed by atoms with Gasteiger partial charge in [0, 0.05) is 5.56 Å². The molecule has 122 valence electrons. The number of nitrogens with one attached hydrogen (secondary N) is 1. The van der Waals surface area contributed by atoms with E-state index in [2.05, 4.69) is 17.2 Å². The van der Waals surface area contributed by atoms with Gasteiger partial charge >= 0.3 is 6.18 Å². The largest absolute Gasteiger partial charge is 0.416 e. The summed E-state index contributed by atoms with van der Waals surface area (Å²) in [6, 6.07) is 4.67. The molecule has 4 nitrogen and oxygen atoms in total. The Morgan fingerprint density at radius 2 is 2.17 bits per heavy atom. The Morgan fingerprint density at radius 3 is 2.83 bits per heavy atom. The lowest BCUT2D eigenvalue weighted by atomic mass is 10.1. The van der Waals surface area contributed by atoms with Crippen molar-refractivity contribution < 1.29 is 22.8 Å². The second kappa shape index (κ2) is 7.42. The summed E-state index contributed by atoms with van der Waals surface area (Å²) in [7, 11) is 0. The lowest BCUT2D eigenvalue weighted by molar-refractivity contribution is -0.137. The summed E-state index contributed by atoms with van der Waals surface area (Å²) in [5, 5.41) is 2.51. The number of nitrogens with zero attached hydrogens (tertiary/aromatic N) is 1. The normalized spacial score (nSPS) is 14.4. The molecule has 0 spiro atoms. The van der Waals surface area contributed by atoms with Crippen molar-refractivity contribution >= 4 is 23.6 Å². The second-order valence-corrected chi connectivity index (χ2v) is 5.68. The third-order valence-corrected chi connectivity index (χ3v) is 3.90. The van der Waals surface area contributed by atoms with Crippen molar-refractivity contribution in [2.75, 3.05) is 24.7 Å². The summed E-state index contributed by atoms with van der Waals surface area (Å²) in [6.45, 7) is -0.0265. The summed E-state index contributed by atoms with van der Waals surface area (Å²) < 4.78 is 37.6. The molecule has 1 heterocycles. The minimum atomic E-state index is -4.41. The van der Waals surface area contributed by atoms with Gasteiger partial charge in [-0.05, 0) is 18.2 Å². The van der Waals surface area contributed by atoms with Gasteiger partial charge in [-0.25, -0.2) is 0 Å². The maximum absolute atomic E-state index is 12.5. The molecular weight excluding hydrogens is 329 g/mol. The van der Waals surface area contributed by atoms with Crippen LogP contribution in [0.1, 0.15) is 11.1 Å². The maximum Gasteiger partial charge on any atom is 0.416 e. The first-order valence-electron chi connectivity index (χ1n) is 6.64. The zero-order valence-electron chi connectivity index (χ0n) is 11.9. The van der Waals surface area contributed by atoms with Crippen molar-refractivity contribution in [2.24, 2.45) is 0 Å². The van der Waals surface area contributed by atoms with Crippen LogP contribution in [0.5, 0.6) is 0 Å². The van der Waals surface area contributed by atoms with Crippen LogP contribution in [0.25, 0.3) is 0 Å². The Balaban J connectivity index is 1.84. The molecule has 1 aliphatic heterocycles. The summed E-state index contributed by atoms with van der Waals surface area (Å²) in [4.78, 5) is 24.4. The van der Waals surface area contributed by atoms with Gasteiger partial charge in [0.15, 0.2) is 0 Å². The highest BCUT2D eigenvalue weighted by Gasteiger charge is 2.30. The molecule has 23 heavy (non-hydrogen) atoms. The van der Waals surface area contributed by atoms with Gasteiger partial charge in [0.1, 0.15) is 6.54 Å². The zero-order valence-corrected chi connectivity index (χ0v) is 12.8. The molecule has 1 aromatic rings. The highest BCUT2D eigenvalue weighted by molar-refractivity contribution is 8.00. The SMILES string of the molecule is O=C(CN1CSCC1=O)NCC#Cc1cccc(C(F)(F)F)c1. The molecule has 1 aliphatic rings. The summed E-state index contributed by atoms with van der Waals surface area (Å²) in [6.07, 6.45) is -4.41. The van der Waals surface area contributed by atoms with Crippen molar-refractivity contribution in [3.05, 3.63) is 35.4 Å². The Morgan fingerprint density at radius 1 is 1.39 bits per heavy atom. The van der Waals surface area contributed by atoms with Crippen molar-refractivity contribution in [1.29, 1.82) is 0 Å². The molecule has 0 bridgehead atoms. The number of alkyl halides is 3. The van der Waals surface area contributed by atoms with Crippen LogP contribution in [0.3, 0.4) is 0 Å². The van der Waals surface area contributed by atoms with Crippen LogP contribution in [0, 0.1) is 11.8 Å². The summed E-state index contributed by atoms with van der Waals surface area (Å²) >= 11 is 1.44. The molecule has 0 radical (unpaired) electrons. The average molecular weight is 342 g/mol. The van der Waals surface area contributed by atoms with Crippen molar-refractivity contribution in [3.8, 4) is 11.8 Å². The van der Waals surface area contributed by atoms with Gasteiger partial charge < -0.3 is 10.2 Å². The van der Waals surface area contributed by atoms with Gasteiger partial charge in [0.25, 0.3) is 0 Å². The molecule has 0 unspecified atom stereocenters. The van der Waals surface area contributed by atoms with E-state index in [4.69, 9.17) is 0 Å². The van der Waals surface area contributed by atoms with E-state index in [1.807, 2.05) is 0 Å². The molecular formula is C15H13F3N2O2S. The highest BCUT2D eigenvalue weighted by atomic mass is 32.2. The molecule has 1 N–H and O–H groups in total. The van der Waals surface area contributed by atoms with E-state index < -0.39 is 11.7 Å². The van der Waals surface area contributed by atoms with E-state index in [0.717, 1.165) is 12.1 Å². The summed E-state index contributed by atoms with van der Waals surface area (Å²) in [5.74, 6) is 5.59. The number of rotatable bonds is 3. The Hall–Kier alpha value is -2.14. The lowest BCUT2D eigenvalue weighted by Gasteiger charge is -2.13. The van der Waals surface area contributed by atoms with E-state index in [1.165, 1.54) is 28.8 Å². The van der Waals surface area contributed by atoms with Crippen LogP contribution < -0.4 is 5.32 Å². The Bertz CT molecular complexity index is 665. The molecule has 1 aromatic carbocycles. The fourth-order valence-corrected chi connectivity index (χ4v) is 2.74. The van der Waals surface area contributed by atoms with Gasteiger partial charge in [-0.15, -0.1) is 11.8 Å². The predicted octanol–water partition coefficient (Wildman–Crippen LogP) is 1.71. The number of carbonyl (C=O) groups is 2. The fourth-order valence-electron chi connectivity index (χ4n) is 1.83. The van der Waals surface area contributed by atoms with E-state index in [-0.39, 0.29) is 30.5 Å². The van der Waals surface area contributed by atoms with E-state index in [9.17, 15) is 22.8 Å². The highest BCUT2D eigenvalue weighted by Crippen LogP contribution is 2.29. The third-order valence-electron chi connectivity index (χ3n) is 2.96. The topological polar surface area (TPSA) is 49.4 Å². The van der Waals surface area contributed by atoms with Crippen LogP contribution in [0.4, 0.5) is 13.2 Å². The van der Waals surface area contributed by atoms with Gasteiger partial charge in [-0.3, -0.25) is 9.59 Å². The number of halogens is 3. The minimum absolute atomic E-state index is 0.00422. The third kappa shape index (κ3) is 5.21. The standard InChI is InChI=1S/C15H13F3N2O2S/c16-15(17,18)12-5-1-3-11(7-12)4-2-6-19-13(21)8-20-10-23-9-14(20)22/h1,3,5,7H,6,8-10H2,(H,19,21). The van der Waals surface area contributed by atoms with Gasteiger partial charge in [0.05, 0.1) is 23.7 Å².